The fourth-order valence-electron chi connectivity index (χ4n) is 1.54. The number of nitrogens with one attached hydrogen (secondary N) is 1. The predicted octanol–water partition coefficient (Wildman–Crippen LogP) is 2.14. The second-order valence-corrected chi connectivity index (χ2v) is 4.85. The van der Waals surface area contributed by atoms with Crippen LogP contribution in [0.2, 0.25) is 0 Å². The first-order valence-corrected chi connectivity index (χ1v) is 6.16. The van der Waals surface area contributed by atoms with E-state index < -0.39 is 4.92 Å². The molecular weight excluding hydrogens is 252 g/mol. The summed E-state index contributed by atoms with van der Waals surface area (Å²) in [6.07, 6.45) is 0. The molecule has 1 heterocycles. The van der Waals surface area contributed by atoms with Crippen molar-refractivity contribution in [1.29, 1.82) is 0 Å². The number of nitro benzene ring substituents is 1. The van der Waals surface area contributed by atoms with E-state index in [0.717, 1.165) is 16.1 Å². The third kappa shape index (κ3) is 2.52. The van der Waals surface area contributed by atoms with Crippen molar-refractivity contribution < 1.29 is 4.92 Å². The Morgan fingerprint density at radius 2 is 2.22 bits per heavy atom. The molecule has 0 bridgehead atoms. The van der Waals surface area contributed by atoms with Gasteiger partial charge in [-0.05, 0) is 19.5 Å². The number of rotatable bonds is 4. The number of nitro groups is 1. The minimum Gasteiger partial charge on any atom is -0.313 e. The van der Waals surface area contributed by atoms with Gasteiger partial charge in [0.15, 0.2) is 0 Å². The fraction of sp³-hybridized carbons (Fsp3) is 0.273. The Bertz CT molecular complexity index is 582. The van der Waals surface area contributed by atoms with Gasteiger partial charge in [-0.25, -0.2) is 0 Å². The number of aromatic nitrogens is 2. The van der Waals surface area contributed by atoms with Crippen LogP contribution in [-0.2, 0) is 6.54 Å². The summed E-state index contributed by atoms with van der Waals surface area (Å²) >= 11 is 1.44. The summed E-state index contributed by atoms with van der Waals surface area (Å²) in [4.78, 5) is 10.4. The Hall–Kier alpha value is -1.86. The first-order chi connectivity index (χ1) is 8.61. The lowest BCUT2D eigenvalue weighted by molar-refractivity contribution is -0.384. The topological polar surface area (TPSA) is 81.0 Å². The van der Waals surface area contributed by atoms with Crippen LogP contribution in [0.1, 0.15) is 10.6 Å². The molecule has 0 saturated heterocycles. The van der Waals surface area contributed by atoms with Crippen molar-refractivity contribution in [1.82, 2.24) is 15.5 Å². The van der Waals surface area contributed by atoms with Crippen molar-refractivity contribution in [3.63, 3.8) is 0 Å². The minimum absolute atomic E-state index is 0.0703. The largest absolute Gasteiger partial charge is 0.313 e. The van der Waals surface area contributed by atoms with E-state index in [1.807, 2.05) is 14.0 Å². The average molecular weight is 264 g/mol. The van der Waals surface area contributed by atoms with Crippen LogP contribution in [0.15, 0.2) is 18.2 Å². The summed E-state index contributed by atoms with van der Waals surface area (Å²) in [6, 6.07) is 4.76. The SMILES string of the molecule is CNCc1nnc(-c2cc([N+](=O)[O-])ccc2C)s1. The van der Waals surface area contributed by atoms with Gasteiger partial charge in [0.1, 0.15) is 10.0 Å². The molecule has 18 heavy (non-hydrogen) atoms. The van der Waals surface area contributed by atoms with E-state index in [1.54, 1.807) is 12.1 Å². The van der Waals surface area contributed by atoms with Crippen LogP contribution < -0.4 is 5.32 Å². The molecule has 6 nitrogen and oxygen atoms in total. The number of hydrogen-bond donors (Lipinski definition) is 1. The highest BCUT2D eigenvalue weighted by molar-refractivity contribution is 7.14. The van der Waals surface area contributed by atoms with Gasteiger partial charge in [0, 0.05) is 24.2 Å². The van der Waals surface area contributed by atoms with Crippen LogP contribution in [0.5, 0.6) is 0 Å². The number of benzene rings is 1. The molecule has 0 radical (unpaired) electrons. The monoisotopic (exact) mass is 264 g/mol. The third-order valence-electron chi connectivity index (χ3n) is 2.46. The number of aryl methyl sites for hydroxylation is 1. The summed E-state index contributed by atoms with van der Waals surface area (Å²) in [6.45, 7) is 2.55. The first kappa shape index (κ1) is 12.6. The predicted molar refractivity (Wildman–Crippen MR) is 69.5 cm³/mol. The van der Waals surface area contributed by atoms with Crippen molar-refractivity contribution in [2.24, 2.45) is 0 Å². The Balaban J connectivity index is 2.41. The van der Waals surface area contributed by atoms with E-state index in [1.165, 1.54) is 17.4 Å². The van der Waals surface area contributed by atoms with Crippen molar-refractivity contribution in [3.8, 4) is 10.6 Å². The Morgan fingerprint density at radius 1 is 1.44 bits per heavy atom. The van der Waals surface area contributed by atoms with Gasteiger partial charge >= 0.3 is 0 Å². The molecule has 94 valence electrons. The summed E-state index contributed by atoms with van der Waals surface area (Å²) in [7, 11) is 1.83. The zero-order valence-corrected chi connectivity index (χ0v) is 10.8. The molecule has 0 spiro atoms. The maximum Gasteiger partial charge on any atom is 0.270 e. The van der Waals surface area contributed by atoms with Crippen molar-refractivity contribution >= 4 is 17.0 Å². The zero-order valence-electron chi connectivity index (χ0n) is 10.0. The van der Waals surface area contributed by atoms with Crippen LogP contribution in [0.25, 0.3) is 10.6 Å². The van der Waals surface area contributed by atoms with E-state index in [0.29, 0.717) is 11.6 Å². The normalized spacial score (nSPS) is 10.6. The van der Waals surface area contributed by atoms with E-state index >= 15 is 0 Å². The molecule has 0 atom stereocenters. The Kier molecular flexibility index (Phi) is 3.63. The van der Waals surface area contributed by atoms with Gasteiger partial charge in [0.25, 0.3) is 5.69 Å². The van der Waals surface area contributed by atoms with Gasteiger partial charge in [0.2, 0.25) is 0 Å². The quantitative estimate of drug-likeness (QED) is 0.676. The Morgan fingerprint density at radius 3 is 2.89 bits per heavy atom. The maximum absolute atomic E-state index is 10.8. The van der Waals surface area contributed by atoms with Crippen LogP contribution >= 0.6 is 11.3 Å². The first-order valence-electron chi connectivity index (χ1n) is 5.34. The molecule has 0 amide bonds. The molecule has 1 aromatic carbocycles. The lowest BCUT2D eigenvalue weighted by Crippen LogP contribution is -2.04. The van der Waals surface area contributed by atoms with Crippen molar-refractivity contribution in [2.75, 3.05) is 7.05 Å². The standard InChI is InChI=1S/C11H12N4O2S/c1-7-3-4-8(15(16)17)5-9(7)11-14-13-10(18-11)6-12-2/h3-5,12H,6H2,1-2H3. The molecule has 0 fully saturated rings. The molecule has 0 aliphatic rings. The molecule has 7 heteroatoms. The van der Waals surface area contributed by atoms with Gasteiger partial charge in [-0.2, -0.15) is 0 Å². The van der Waals surface area contributed by atoms with Gasteiger partial charge in [0.05, 0.1) is 4.92 Å². The van der Waals surface area contributed by atoms with Crippen LogP contribution in [0.4, 0.5) is 5.69 Å². The average Bonchev–Trinajstić information content (AvgIpc) is 2.78. The van der Waals surface area contributed by atoms with E-state index in [2.05, 4.69) is 15.5 Å². The molecular formula is C11H12N4O2S. The van der Waals surface area contributed by atoms with E-state index in [-0.39, 0.29) is 5.69 Å². The van der Waals surface area contributed by atoms with E-state index in [4.69, 9.17) is 0 Å². The fourth-order valence-corrected chi connectivity index (χ4v) is 2.47. The number of non-ortho nitro benzene ring substituents is 1. The summed E-state index contributed by atoms with van der Waals surface area (Å²) in [5.74, 6) is 0. The second-order valence-electron chi connectivity index (χ2n) is 3.79. The van der Waals surface area contributed by atoms with Crippen LogP contribution in [0.3, 0.4) is 0 Å². The maximum atomic E-state index is 10.8. The van der Waals surface area contributed by atoms with Crippen molar-refractivity contribution in [2.45, 2.75) is 13.5 Å². The zero-order chi connectivity index (χ0) is 13.1. The molecule has 2 aromatic rings. The lowest BCUT2D eigenvalue weighted by Gasteiger charge is -2.00. The molecule has 0 aliphatic carbocycles. The molecule has 1 aromatic heterocycles. The highest BCUT2D eigenvalue weighted by Gasteiger charge is 2.13. The molecule has 0 saturated carbocycles. The van der Waals surface area contributed by atoms with Gasteiger partial charge in [-0.3, -0.25) is 10.1 Å². The van der Waals surface area contributed by atoms with Gasteiger partial charge in [-0.1, -0.05) is 17.4 Å². The highest BCUT2D eigenvalue weighted by atomic mass is 32.1. The smallest absolute Gasteiger partial charge is 0.270 e. The number of hydrogen-bond acceptors (Lipinski definition) is 6. The van der Waals surface area contributed by atoms with Crippen LogP contribution in [0, 0.1) is 17.0 Å². The minimum atomic E-state index is -0.404. The second kappa shape index (κ2) is 5.19. The third-order valence-corrected chi connectivity index (χ3v) is 3.41. The van der Waals surface area contributed by atoms with E-state index in [9.17, 15) is 10.1 Å². The van der Waals surface area contributed by atoms with Crippen LogP contribution in [-0.4, -0.2) is 22.2 Å². The molecule has 0 unspecified atom stereocenters. The Labute approximate surface area is 108 Å². The molecule has 2 rings (SSSR count). The summed E-state index contributed by atoms with van der Waals surface area (Å²) < 4.78 is 0. The lowest BCUT2D eigenvalue weighted by atomic mass is 10.1. The molecule has 0 aliphatic heterocycles. The molecule has 1 N–H and O–H groups in total. The number of nitrogens with zero attached hydrogens (tertiary/aromatic N) is 3. The van der Waals surface area contributed by atoms with Gasteiger partial charge in [-0.15, -0.1) is 10.2 Å². The van der Waals surface area contributed by atoms with Crippen molar-refractivity contribution in [3.05, 3.63) is 38.9 Å². The highest BCUT2D eigenvalue weighted by Crippen LogP contribution is 2.29. The summed E-state index contributed by atoms with van der Waals surface area (Å²) in [5, 5.41) is 23.4. The summed E-state index contributed by atoms with van der Waals surface area (Å²) in [5.41, 5.74) is 1.79. The van der Waals surface area contributed by atoms with Gasteiger partial charge < -0.3 is 5.32 Å².